The molecular weight excluding hydrogens is 318 g/mol. The van der Waals surface area contributed by atoms with Crippen LogP contribution in [-0.4, -0.2) is 16.1 Å². The first-order chi connectivity index (χ1) is 8.47. The fourth-order valence-corrected chi connectivity index (χ4v) is 2.89. The highest BCUT2D eigenvalue weighted by Gasteiger charge is 2.21. The lowest BCUT2D eigenvalue weighted by Gasteiger charge is -1.99. The largest absolute Gasteiger partial charge is 0.475 e. The molecule has 0 spiro atoms. The molecule has 1 N–H and O–H groups in total. The van der Waals surface area contributed by atoms with E-state index in [1.165, 1.54) is 11.3 Å². The molecular formula is C12H12BrNO3S. The lowest BCUT2D eigenvalue weighted by atomic mass is 10.1. The van der Waals surface area contributed by atoms with Crippen molar-refractivity contribution in [3.63, 3.8) is 0 Å². The van der Waals surface area contributed by atoms with Crippen LogP contribution in [0.4, 0.5) is 0 Å². The molecule has 0 unspecified atom stereocenters. The SMILES string of the molecule is CC(C)Cc1nc(-c2ccc(Br)s2)oc1C(=O)O. The second-order valence-corrected chi connectivity index (χ2v) is 6.76. The molecule has 0 atom stereocenters. The van der Waals surface area contributed by atoms with E-state index in [9.17, 15) is 4.79 Å². The number of oxazole rings is 1. The highest BCUT2D eigenvalue weighted by molar-refractivity contribution is 9.11. The summed E-state index contributed by atoms with van der Waals surface area (Å²) in [6.45, 7) is 4.03. The second-order valence-electron chi connectivity index (χ2n) is 4.30. The van der Waals surface area contributed by atoms with Crippen molar-refractivity contribution in [2.45, 2.75) is 20.3 Å². The van der Waals surface area contributed by atoms with Gasteiger partial charge in [-0.15, -0.1) is 11.3 Å². The van der Waals surface area contributed by atoms with Crippen LogP contribution in [0.15, 0.2) is 20.3 Å². The third-order valence-corrected chi connectivity index (χ3v) is 3.89. The Hall–Kier alpha value is -1.14. The number of aromatic carboxylic acids is 1. The van der Waals surface area contributed by atoms with Crippen LogP contribution in [-0.2, 0) is 6.42 Å². The van der Waals surface area contributed by atoms with Gasteiger partial charge in [0.25, 0.3) is 0 Å². The quantitative estimate of drug-likeness (QED) is 0.918. The zero-order valence-corrected chi connectivity index (χ0v) is 12.3. The van der Waals surface area contributed by atoms with Gasteiger partial charge in [-0.05, 0) is 40.4 Å². The number of hydrogen-bond donors (Lipinski definition) is 1. The number of hydrogen-bond acceptors (Lipinski definition) is 4. The van der Waals surface area contributed by atoms with Gasteiger partial charge in [0.1, 0.15) is 0 Å². The molecule has 2 aromatic heterocycles. The lowest BCUT2D eigenvalue weighted by molar-refractivity contribution is 0.0661. The third kappa shape index (κ3) is 2.81. The van der Waals surface area contributed by atoms with Crippen molar-refractivity contribution in [3.05, 3.63) is 27.4 Å². The highest BCUT2D eigenvalue weighted by atomic mass is 79.9. The maximum absolute atomic E-state index is 11.1. The van der Waals surface area contributed by atoms with Gasteiger partial charge in [0.2, 0.25) is 11.7 Å². The smallest absolute Gasteiger partial charge is 0.373 e. The second kappa shape index (κ2) is 5.24. The van der Waals surface area contributed by atoms with Crippen LogP contribution >= 0.6 is 27.3 Å². The maximum atomic E-state index is 11.1. The maximum Gasteiger partial charge on any atom is 0.373 e. The molecule has 0 aliphatic rings. The topological polar surface area (TPSA) is 63.3 Å². The molecule has 18 heavy (non-hydrogen) atoms. The predicted octanol–water partition coefficient (Wildman–Crippen LogP) is 4.06. The summed E-state index contributed by atoms with van der Waals surface area (Å²) >= 11 is 4.82. The molecule has 2 rings (SSSR count). The van der Waals surface area contributed by atoms with Crippen LogP contribution in [0.3, 0.4) is 0 Å². The van der Waals surface area contributed by atoms with Crippen LogP contribution in [0.5, 0.6) is 0 Å². The number of thiophene rings is 1. The number of carbonyl (C=O) groups is 1. The Morgan fingerprint density at radius 1 is 1.56 bits per heavy atom. The summed E-state index contributed by atoms with van der Waals surface area (Å²) < 4.78 is 6.31. The number of carboxylic acid groups (broad SMARTS) is 1. The summed E-state index contributed by atoms with van der Waals surface area (Å²) in [6, 6.07) is 3.73. The summed E-state index contributed by atoms with van der Waals surface area (Å²) in [5, 5.41) is 9.10. The van der Waals surface area contributed by atoms with Crippen LogP contribution in [0.1, 0.15) is 30.1 Å². The van der Waals surface area contributed by atoms with Gasteiger partial charge in [0, 0.05) is 0 Å². The first kappa shape index (κ1) is 13.3. The van der Waals surface area contributed by atoms with E-state index in [0.717, 1.165) is 8.66 Å². The van der Waals surface area contributed by atoms with Gasteiger partial charge >= 0.3 is 5.97 Å². The summed E-state index contributed by atoms with van der Waals surface area (Å²) in [5.41, 5.74) is 0.511. The van der Waals surface area contributed by atoms with Gasteiger partial charge in [0.15, 0.2) is 0 Å². The van der Waals surface area contributed by atoms with Crippen LogP contribution in [0, 0.1) is 5.92 Å². The lowest BCUT2D eigenvalue weighted by Crippen LogP contribution is -2.03. The number of rotatable bonds is 4. The summed E-state index contributed by atoms with van der Waals surface area (Å²) in [7, 11) is 0. The first-order valence-electron chi connectivity index (χ1n) is 5.46. The molecule has 0 aromatic carbocycles. The van der Waals surface area contributed by atoms with E-state index in [-0.39, 0.29) is 5.76 Å². The van der Waals surface area contributed by atoms with Gasteiger partial charge in [-0.1, -0.05) is 13.8 Å². The van der Waals surface area contributed by atoms with Crippen molar-refractivity contribution in [1.29, 1.82) is 0 Å². The molecule has 0 radical (unpaired) electrons. The average molecular weight is 330 g/mol. The molecule has 0 aliphatic carbocycles. The number of nitrogens with zero attached hydrogens (tertiary/aromatic N) is 1. The standard InChI is InChI=1S/C12H12BrNO3S/c1-6(2)5-7-10(12(15)16)17-11(14-7)8-3-4-9(13)18-8/h3-4,6H,5H2,1-2H3,(H,15,16). The molecule has 2 heterocycles. The number of aromatic nitrogens is 1. The van der Waals surface area contributed by atoms with Crippen molar-refractivity contribution >= 4 is 33.2 Å². The van der Waals surface area contributed by atoms with E-state index in [0.29, 0.717) is 23.9 Å². The van der Waals surface area contributed by atoms with Crippen LogP contribution < -0.4 is 0 Å². The molecule has 2 aromatic rings. The van der Waals surface area contributed by atoms with E-state index < -0.39 is 5.97 Å². The van der Waals surface area contributed by atoms with E-state index in [1.807, 2.05) is 26.0 Å². The molecule has 0 fully saturated rings. The van der Waals surface area contributed by atoms with Crippen molar-refractivity contribution in [3.8, 4) is 10.8 Å². The summed E-state index contributed by atoms with van der Waals surface area (Å²) in [5.74, 6) is -0.418. The Labute approximate surface area is 117 Å². The molecule has 4 nitrogen and oxygen atoms in total. The van der Waals surface area contributed by atoms with Crippen molar-refractivity contribution in [1.82, 2.24) is 4.98 Å². The molecule has 0 saturated heterocycles. The minimum Gasteiger partial charge on any atom is -0.475 e. The van der Waals surface area contributed by atoms with Crippen molar-refractivity contribution < 1.29 is 14.3 Å². The number of halogens is 1. The Morgan fingerprint density at radius 3 is 2.78 bits per heavy atom. The molecule has 0 saturated carbocycles. The van der Waals surface area contributed by atoms with Crippen molar-refractivity contribution in [2.24, 2.45) is 5.92 Å². The predicted molar refractivity (Wildman–Crippen MR) is 73.0 cm³/mol. The van der Waals surface area contributed by atoms with E-state index in [2.05, 4.69) is 20.9 Å². The fourth-order valence-electron chi connectivity index (χ4n) is 1.58. The van der Waals surface area contributed by atoms with E-state index >= 15 is 0 Å². The first-order valence-corrected chi connectivity index (χ1v) is 7.07. The Balaban J connectivity index is 2.42. The number of carboxylic acids is 1. The Morgan fingerprint density at radius 2 is 2.28 bits per heavy atom. The Kier molecular flexibility index (Phi) is 3.87. The minimum atomic E-state index is -1.07. The fraction of sp³-hybridized carbons (Fsp3) is 0.333. The monoisotopic (exact) mass is 329 g/mol. The average Bonchev–Trinajstić information content (AvgIpc) is 2.83. The highest BCUT2D eigenvalue weighted by Crippen LogP contribution is 2.32. The van der Waals surface area contributed by atoms with E-state index in [4.69, 9.17) is 9.52 Å². The van der Waals surface area contributed by atoms with Gasteiger partial charge in [-0.25, -0.2) is 9.78 Å². The molecule has 0 bridgehead atoms. The van der Waals surface area contributed by atoms with Gasteiger partial charge in [0.05, 0.1) is 14.4 Å². The van der Waals surface area contributed by atoms with Crippen molar-refractivity contribution in [2.75, 3.05) is 0 Å². The van der Waals surface area contributed by atoms with Gasteiger partial charge < -0.3 is 9.52 Å². The van der Waals surface area contributed by atoms with Gasteiger partial charge in [-0.2, -0.15) is 0 Å². The zero-order valence-electron chi connectivity index (χ0n) is 9.94. The summed E-state index contributed by atoms with van der Waals surface area (Å²) in [6.07, 6.45) is 0.595. The Bertz CT molecular complexity index is 574. The van der Waals surface area contributed by atoms with Crippen LogP contribution in [0.2, 0.25) is 0 Å². The van der Waals surface area contributed by atoms with Crippen LogP contribution in [0.25, 0.3) is 10.8 Å². The molecule has 0 amide bonds. The zero-order chi connectivity index (χ0) is 13.3. The molecule has 6 heteroatoms. The van der Waals surface area contributed by atoms with Gasteiger partial charge in [-0.3, -0.25) is 0 Å². The molecule has 96 valence electrons. The normalized spacial score (nSPS) is 11.1. The summed E-state index contributed by atoms with van der Waals surface area (Å²) in [4.78, 5) is 16.2. The van der Waals surface area contributed by atoms with E-state index in [1.54, 1.807) is 0 Å². The molecule has 0 aliphatic heterocycles. The third-order valence-electron chi connectivity index (χ3n) is 2.28. The minimum absolute atomic E-state index is 0.0526.